The van der Waals surface area contributed by atoms with Gasteiger partial charge in [0.25, 0.3) is 5.56 Å². The number of rotatable bonds is 4. The Morgan fingerprint density at radius 3 is 2.93 bits per heavy atom. The third-order valence-electron chi connectivity index (χ3n) is 5.57. The molecule has 0 bridgehead atoms. The van der Waals surface area contributed by atoms with Crippen LogP contribution in [-0.4, -0.2) is 24.7 Å². The summed E-state index contributed by atoms with van der Waals surface area (Å²) in [6, 6.07) is 8.61. The third-order valence-corrected chi connectivity index (χ3v) is 5.80. The van der Waals surface area contributed by atoms with Crippen LogP contribution < -0.4 is 5.56 Å². The second kappa shape index (κ2) is 6.98. The van der Waals surface area contributed by atoms with Gasteiger partial charge in [0.05, 0.1) is 5.39 Å². The average molecular weight is 426 g/mol. The van der Waals surface area contributed by atoms with Crippen molar-refractivity contribution < 1.29 is 8.91 Å². The summed E-state index contributed by atoms with van der Waals surface area (Å²) in [6.45, 7) is 1.92. The second-order valence-electron chi connectivity index (χ2n) is 7.63. The molecule has 7 nitrogen and oxygen atoms in total. The summed E-state index contributed by atoms with van der Waals surface area (Å²) in [5, 5.41) is 4.96. The third kappa shape index (κ3) is 3.17. The van der Waals surface area contributed by atoms with E-state index in [-0.39, 0.29) is 36.8 Å². The maximum absolute atomic E-state index is 15.1. The zero-order valence-electron chi connectivity index (χ0n) is 16.0. The van der Waals surface area contributed by atoms with Crippen LogP contribution in [0.3, 0.4) is 0 Å². The van der Waals surface area contributed by atoms with Crippen molar-refractivity contribution in [1.82, 2.24) is 24.7 Å². The Morgan fingerprint density at radius 2 is 2.13 bits per heavy atom. The number of aromatic nitrogens is 5. The number of aryl methyl sites for hydroxylation is 1. The lowest BCUT2D eigenvalue weighted by molar-refractivity contribution is 0.0336. The lowest BCUT2D eigenvalue weighted by Crippen LogP contribution is -2.36. The second-order valence-corrected chi connectivity index (χ2v) is 8.07. The van der Waals surface area contributed by atoms with Crippen LogP contribution in [0, 0.1) is 6.92 Å². The molecule has 1 fully saturated rings. The van der Waals surface area contributed by atoms with Crippen LogP contribution in [0.5, 0.6) is 0 Å². The molecule has 0 saturated heterocycles. The van der Waals surface area contributed by atoms with E-state index in [0.29, 0.717) is 27.4 Å². The van der Waals surface area contributed by atoms with Gasteiger partial charge >= 0.3 is 0 Å². The summed E-state index contributed by atoms with van der Waals surface area (Å²) in [5.74, 6) is 0.568. The van der Waals surface area contributed by atoms with Crippen molar-refractivity contribution in [3.8, 4) is 0 Å². The lowest BCUT2D eigenvalue weighted by atomic mass is 9.68. The van der Waals surface area contributed by atoms with Gasteiger partial charge in [-0.05, 0) is 49.1 Å². The number of nitrogens with zero attached hydrogens (tertiary/aromatic N) is 5. The molecule has 1 saturated carbocycles. The number of hydrogen-bond donors (Lipinski definition) is 0. The normalized spacial score (nSPS) is 21.0. The number of alkyl halides is 1. The van der Waals surface area contributed by atoms with Crippen molar-refractivity contribution >= 4 is 22.6 Å². The maximum Gasteiger partial charge on any atom is 0.263 e. The van der Waals surface area contributed by atoms with Crippen molar-refractivity contribution in [2.45, 2.75) is 37.9 Å². The highest BCUT2D eigenvalue weighted by Gasteiger charge is 2.48. The van der Waals surface area contributed by atoms with E-state index in [1.807, 2.05) is 6.92 Å². The lowest BCUT2D eigenvalue weighted by Gasteiger charge is -2.40. The maximum atomic E-state index is 15.1. The van der Waals surface area contributed by atoms with Crippen LogP contribution in [0.15, 0.2) is 52.2 Å². The van der Waals surface area contributed by atoms with E-state index in [0.717, 1.165) is 5.56 Å². The van der Waals surface area contributed by atoms with Crippen LogP contribution >= 0.6 is 11.6 Å². The van der Waals surface area contributed by atoms with Crippen molar-refractivity contribution in [3.05, 3.63) is 81.1 Å². The monoisotopic (exact) mass is 425 g/mol. The molecule has 0 N–H and O–H groups in total. The van der Waals surface area contributed by atoms with Gasteiger partial charge in [0, 0.05) is 17.1 Å². The Hall–Kier alpha value is -3.13. The minimum atomic E-state index is -1.44. The van der Waals surface area contributed by atoms with Gasteiger partial charge in [-0.2, -0.15) is 4.98 Å². The summed E-state index contributed by atoms with van der Waals surface area (Å²) >= 11 is 5.98. The van der Waals surface area contributed by atoms with Gasteiger partial charge in [-0.25, -0.2) is 14.4 Å². The van der Waals surface area contributed by atoms with Gasteiger partial charge in [0.1, 0.15) is 18.5 Å². The van der Waals surface area contributed by atoms with E-state index < -0.39 is 5.67 Å². The molecular formula is C21H17ClFN5O2. The summed E-state index contributed by atoms with van der Waals surface area (Å²) < 4.78 is 21.9. The molecule has 30 heavy (non-hydrogen) atoms. The number of pyridine rings is 1. The first-order chi connectivity index (χ1) is 14.4. The molecule has 0 spiro atoms. The highest BCUT2D eigenvalue weighted by atomic mass is 35.5. The molecule has 152 valence electrons. The molecule has 1 aliphatic carbocycles. The van der Waals surface area contributed by atoms with Gasteiger partial charge in [-0.15, -0.1) is 0 Å². The van der Waals surface area contributed by atoms with E-state index in [1.54, 1.807) is 36.5 Å². The van der Waals surface area contributed by atoms with Gasteiger partial charge in [0.2, 0.25) is 5.89 Å². The first kappa shape index (κ1) is 18.9. The van der Waals surface area contributed by atoms with Crippen molar-refractivity contribution in [3.63, 3.8) is 0 Å². The molecule has 0 amide bonds. The Morgan fingerprint density at radius 1 is 1.30 bits per heavy atom. The van der Waals surface area contributed by atoms with Crippen LogP contribution in [0.1, 0.15) is 41.6 Å². The molecular weight excluding hydrogens is 409 g/mol. The summed E-state index contributed by atoms with van der Waals surface area (Å²) in [5.41, 5.74) is 0.0932. The van der Waals surface area contributed by atoms with E-state index >= 15 is 4.39 Å². The quantitative estimate of drug-likeness (QED) is 0.492. The van der Waals surface area contributed by atoms with Gasteiger partial charge in [-0.3, -0.25) is 9.36 Å². The van der Waals surface area contributed by atoms with Gasteiger partial charge in [-0.1, -0.05) is 28.9 Å². The number of hydrogen-bond acceptors (Lipinski definition) is 6. The van der Waals surface area contributed by atoms with Crippen LogP contribution in [-0.2, 0) is 12.2 Å². The summed E-state index contributed by atoms with van der Waals surface area (Å²) in [6.07, 6.45) is 3.55. The molecule has 5 rings (SSSR count). The number of benzene rings is 1. The molecule has 4 aromatic rings. The van der Waals surface area contributed by atoms with E-state index in [4.69, 9.17) is 16.1 Å². The standard InChI is InChI=1S/C21H17ClFN5O2/c1-12-5-6-24-19-17(12)20(29)28(11-25-19)10-16-26-18(27-30-16)13-8-21(23,9-13)14-3-2-4-15(22)7-14/h2-7,11,13H,8-10H2,1H3/t13-,21+. The Bertz CT molecular complexity index is 1310. The largest absolute Gasteiger partial charge is 0.337 e. The SMILES string of the molecule is Cc1ccnc2ncn(Cc3nc([C@H]4C[C@](F)(c5cccc(Cl)c5)C4)no3)c(=O)c12. The first-order valence-electron chi connectivity index (χ1n) is 9.51. The fraction of sp³-hybridized carbons (Fsp3) is 0.286. The number of halogens is 2. The molecule has 3 aromatic heterocycles. The molecule has 3 heterocycles. The fourth-order valence-electron chi connectivity index (χ4n) is 3.89. The van der Waals surface area contributed by atoms with Crippen LogP contribution in [0.2, 0.25) is 5.02 Å². The molecule has 0 unspecified atom stereocenters. The minimum absolute atomic E-state index is 0.0882. The Kier molecular flexibility index (Phi) is 4.39. The summed E-state index contributed by atoms with van der Waals surface area (Å²) in [4.78, 5) is 25.5. The van der Waals surface area contributed by atoms with Gasteiger partial charge < -0.3 is 4.52 Å². The highest BCUT2D eigenvalue weighted by molar-refractivity contribution is 6.30. The van der Waals surface area contributed by atoms with Crippen molar-refractivity contribution in [1.29, 1.82) is 0 Å². The van der Waals surface area contributed by atoms with Crippen LogP contribution in [0.4, 0.5) is 4.39 Å². The fourth-order valence-corrected chi connectivity index (χ4v) is 4.08. The van der Waals surface area contributed by atoms with E-state index in [9.17, 15) is 4.79 Å². The smallest absolute Gasteiger partial charge is 0.263 e. The molecule has 0 atom stereocenters. The van der Waals surface area contributed by atoms with Crippen molar-refractivity contribution in [2.75, 3.05) is 0 Å². The Balaban J connectivity index is 1.34. The Labute approximate surface area is 175 Å². The topological polar surface area (TPSA) is 86.7 Å². The molecule has 0 aliphatic heterocycles. The highest BCUT2D eigenvalue weighted by Crippen LogP contribution is 2.53. The molecule has 0 radical (unpaired) electrons. The van der Waals surface area contributed by atoms with E-state index in [1.165, 1.54) is 10.9 Å². The molecule has 9 heteroatoms. The zero-order valence-corrected chi connectivity index (χ0v) is 16.8. The molecule has 1 aromatic carbocycles. The zero-order chi connectivity index (χ0) is 20.9. The predicted molar refractivity (Wildman–Crippen MR) is 108 cm³/mol. The van der Waals surface area contributed by atoms with E-state index in [2.05, 4.69) is 20.1 Å². The molecule has 1 aliphatic rings. The number of fused-ring (bicyclic) bond motifs is 1. The summed E-state index contributed by atoms with van der Waals surface area (Å²) in [7, 11) is 0. The first-order valence-corrected chi connectivity index (χ1v) is 9.89. The predicted octanol–water partition coefficient (Wildman–Crippen LogP) is 3.93. The minimum Gasteiger partial charge on any atom is -0.337 e. The van der Waals surface area contributed by atoms with Crippen LogP contribution in [0.25, 0.3) is 11.0 Å². The average Bonchev–Trinajstić information content (AvgIpc) is 3.16. The van der Waals surface area contributed by atoms with Gasteiger partial charge in [0.15, 0.2) is 11.5 Å². The van der Waals surface area contributed by atoms with Crippen molar-refractivity contribution in [2.24, 2.45) is 0 Å².